The van der Waals surface area contributed by atoms with Crippen LogP contribution < -0.4 is 5.73 Å². The Kier molecular flexibility index (Phi) is 1.49. The average Bonchev–Trinajstić information content (AvgIpc) is 1.88. The number of aromatic nitrogens is 1. The molecular formula is C7H8N2. The number of hydrogen-bond donors (Lipinski definition) is 1. The summed E-state index contributed by atoms with van der Waals surface area (Å²) in [6, 6.07) is 5.44. The van der Waals surface area contributed by atoms with Crippen molar-refractivity contribution in [3.05, 3.63) is 30.5 Å². The SMILES string of the molecule is C=Cc1cccc(N)n1. The second-order valence-electron chi connectivity index (χ2n) is 1.69. The van der Waals surface area contributed by atoms with Gasteiger partial charge in [0.2, 0.25) is 0 Å². The van der Waals surface area contributed by atoms with Crippen LogP contribution in [0.4, 0.5) is 5.82 Å². The first-order chi connectivity index (χ1) is 4.33. The summed E-state index contributed by atoms with van der Waals surface area (Å²) in [6.07, 6.45) is 1.66. The first-order valence-corrected chi connectivity index (χ1v) is 2.68. The predicted octanol–water partition coefficient (Wildman–Crippen LogP) is 1.31. The molecule has 0 atom stereocenters. The van der Waals surface area contributed by atoms with Crippen molar-refractivity contribution in [3.8, 4) is 0 Å². The predicted molar refractivity (Wildman–Crippen MR) is 38.7 cm³/mol. The summed E-state index contributed by atoms with van der Waals surface area (Å²) in [5.41, 5.74) is 6.19. The van der Waals surface area contributed by atoms with Crippen LogP contribution in [0, 0.1) is 0 Å². The number of nitrogen functional groups attached to an aromatic ring is 1. The number of hydrogen-bond acceptors (Lipinski definition) is 2. The normalized spacial score (nSPS) is 8.89. The van der Waals surface area contributed by atoms with Gasteiger partial charge in [0.25, 0.3) is 0 Å². The van der Waals surface area contributed by atoms with Crippen LogP contribution in [-0.4, -0.2) is 4.98 Å². The van der Waals surface area contributed by atoms with Crippen molar-refractivity contribution in [2.24, 2.45) is 0 Å². The third kappa shape index (κ3) is 1.29. The molecule has 1 aromatic rings. The fraction of sp³-hybridized carbons (Fsp3) is 0. The van der Waals surface area contributed by atoms with E-state index in [9.17, 15) is 0 Å². The van der Waals surface area contributed by atoms with Gasteiger partial charge in [-0.25, -0.2) is 4.98 Å². The molecule has 0 spiro atoms. The van der Waals surface area contributed by atoms with Crippen LogP contribution in [0.15, 0.2) is 24.8 Å². The molecule has 0 aliphatic carbocycles. The molecule has 0 aliphatic rings. The highest BCUT2D eigenvalue weighted by Crippen LogP contribution is 1.99. The summed E-state index contributed by atoms with van der Waals surface area (Å²) in [6.45, 7) is 3.55. The quantitative estimate of drug-likeness (QED) is 0.606. The van der Waals surface area contributed by atoms with Crippen molar-refractivity contribution in [1.29, 1.82) is 0 Å². The van der Waals surface area contributed by atoms with E-state index >= 15 is 0 Å². The van der Waals surface area contributed by atoms with E-state index < -0.39 is 0 Å². The average molecular weight is 120 g/mol. The zero-order valence-electron chi connectivity index (χ0n) is 5.04. The maximum Gasteiger partial charge on any atom is 0.124 e. The number of anilines is 1. The van der Waals surface area contributed by atoms with Crippen LogP contribution in [-0.2, 0) is 0 Å². The lowest BCUT2D eigenvalue weighted by atomic mass is 10.3. The van der Waals surface area contributed by atoms with Gasteiger partial charge in [-0.1, -0.05) is 12.6 Å². The lowest BCUT2D eigenvalue weighted by Crippen LogP contribution is -1.89. The molecule has 46 valence electrons. The molecule has 1 aromatic heterocycles. The molecule has 0 aromatic carbocycles. The Labute approximate surface area is 54.0 Å². The standard InChI is InChI=1S/C7H8N2/c1-2-6-4-3-5-7(8)9-6/h2-5H,1H2,(H2,8,9). The van der Waals surface area contributed by atoms with Crippen molar-refractivity contribution in [2.75, 3.05) is 5.73 Å². The van der Waals surface area contributed by atoms with Crippen molar-refractivity contribution in [3.63, 3.8) is 0 Å². The molecule has 0 unspecified atom stereocenters. The summed E-state index contributed by atoms with van der Waals surface area (Å²) in [5, 5.41) is 0. The lowest BCUT2D eigenvalue weighted by molar-refractivity contribution is 1.31. The molecule has 0 bridgehead atoms. The maximum absolute atomic E-state index is 5.38. The summed E-state index contributed by atoms with van der Waals surface area (Å²) >= 11 is 0. The molecule has 0 aliphatic heterocycles. The van der Waals surface area contributed by atoms with E-state index in [0.717, 1.165) is 5.69 Å². The largest absolute Gasteiger partial charge is 0.384 e. The van der Waals surface area contributed by atoms with Crippen LogP contribution in [0.3, 0.4) is 0 Å². The van der Waals surface area contributed by atoms with Crippen LogP contribution in [0.5, 0.6) is 0 Å². The molecule has 2 heteroatoms. The number of rotatable bonds is 1. The van der Waals surface area contributed by atoms with Gasteiger partial charge in [0.15, 0.2) is 0 Å². The van der Waals surface area contributed by atoms with Gasteiger partial charge in [0, 0.05) is 0 Å². The fourth-order valence-electron chi connectivity index (χ4n) is 0.583. The van der Waals surface area contributed by atoms with Gasteiger partial charge < -0.3 is 5.73 Å². The van der Waals surface area contributed by atoms with Crippen LogP contribution in [0.2, 0.25) is 0 Å². The van der Waals surface area contributed by atoms with E-state index in [1.165, 1.54) is 0 Å². The molecule has 2 N–H and O–H groups in total. The number of nitrogens with zero attached hydrogens (tertiary/aromatic N) is 1. The van der Waals surface area contributed by atoms with Gasteiger partial charge >= 0.3 is 0 Å². The summed E-state index contributed by atoms with van der Waals surface area (Å²) in [5.74, 6) is 0.535. The van der Waals surface area contributed by atoms with Gasteiger partial charge in [-0.2, -0.15) is 0 Å². The Morgan fingerprint density at radius 3 is 2.78 bits per heavy atom. The van der Waals surface area contributed by atoms with E-state index in [4.69, 9.17) is 5.73 Å². The summed E-state index contributed by atoms with van der Waals surface area (Å²) in [7, 11) is 0. The molecule has 0 fully saturated rings. The number of pyridine rings is 1. The molecule has 0 saturated heterocycles. The molecular weight excluding hydrogens is 112 g/mol. The molecule has 0 radical (unpaired) electrons. The van der Waals surface area contributed by atoms with E-state index in [1.807, 2.05) is 12.1 Å². The maximum atomic E-state index is 5.38. The second kappa shape index (κ2) is 2.31. The Bertz CT molecular complexity index is 218. The van der Waals surface area contributed by atoms with Gasteiger partial charge in [0.05, 0.1) is 5.69 Å². The minimum absolute atomic E-state index is 0.535. The van der Waals surface area contributed by atoms with Crippen LogP contribution in [0.25, 0.3) is 6.08 Å². The second-order valence-corrected chi connectivity index (χ2v) is 1.69. The first kappa shape index (κ1) is 5.82. The van der Waals surface area contributed by atoms with Gasteiger partial charge in [0.1, 0.15) is 5.82 Å². The molecule has 2 nitrogen and oxygen atoms in total. The summed E-state index contributed by atoms with van der Waals surface area (Å²) < 4.78 is 0. The van der Waals surface area contributed by atoms with Crippen molar-refractivity contribution >= 4 is 11.9 Å². The Balaban J connectivity index is 3.07. The third-order valence-corrected chi connectivity index (χ3v) is 1.00. The highest BCUT2D eigenvalue weighted by Gasteiger charge is 1.85. The Hall–Kier alpha value is -1.31. The van der Waals surface area contributed by atoms with Gasteiger partial charge in [-0.3, -0.25) is 0 Å². The van der Waals surface area contributed by atoms with Crippen LogP contribution in [0.1, 0.15) is 5.69 Å². The zero-order chi connectivity index (χ0) is 6.69. The van der Waals surface area contributed by atoms with E-state index in [-0.39, 0.29) is 0 Å². The smallest absolute Gasteiger partial charge is 0.124 e. The van der Waals surface area contributed by atoms with Crippen molar-refractivity contribution in [1.82, 2.24) is 4.98 Å². The molecule has 1 rings (SSSR count). The lowest BCUT2D eigenvalue weighted by Gasteiger charge is -1.91. The molecule has 9 heavy (non-hydrogen) atoms. The topological polar surface area (TPSA) is 38.9 Å². The highest BCUT2D eigenvalue weighted by atomic mass is 14.8. The summed E-state index contributed by atoms with van der Waals surface area (Å²) in [4.78, 5) is 3.95. The minimum Gasteiger partial charge on any atom is -0.384 e. The molecule has 1 heterocycles. The first-order valence-electron chi connectivity index (χ1n) is 2.68. The van der Waals surface area contributed by atoms with E-state index in [0.29, 0.717) is 5.82 Å². The van der Waals surface area contributed by atoms with E-state index in [1.54, 1.807) is 12.1 Å². The number of nitrogens with two attached hydrogens (primary N) is 1. The molecule has 0 amide bonds. The monoisotopic (exact) mass is 120 g/mol. The highest BCUT2D eigenvalue weighted by molar-refractivity contribution is 5.44. The minimum atomic E-state index is 0.535. The van der Waals surface area contributed by atoms with E-state index in [2.05, 4.69) is 11.6 Å². The van der Waals surface area contributed by atoms with Crippen LogP contribution >= 0.6 is 0 Å². The van der Waals surface area contributed by atoms with Gasteiger partial charge in [-0.15, -0.1) is 0 Å². The third-order valence-electron chi connectivity index (χ3n) is 1.00. The van der Waals surface area contributed by atoms with Gasteiger partial charge in [-0.05, 0) is 18.2 Å². The zero-order valence-corrected chi connectivity index (χ0v) is 5.04. The molecule has 0 saturated carbocycles. The fourth-order valence-corrected chi connectivity index (χ4v) is 0.583. The van der Waals surface area contributed by atoms with Crippen molar-refractivity contribution < 1.29 is 0 Å². The Morgan fingerprint density at radius 1 is 1.56 bits per heavy atom. The van der Waals surface area contributed by atoms with Crippen molar-refractivity contribution in [2.45, 2.75) is 0 Å². The Morgan fingerprint density at radius 2 is 2.33 bits per heavy atom.